The van der Waals surface area contributed by atoms with Crippen LogP contribution in [0.4, 0.5) is 24.7 Å². The van der Waals surface area contributed by atoms with Crippen LogP contribution in [0.5, 0.6) is 5.75 Å². The molecule has 0 radical (unpaired) electrons. The molecule has 5 atom stereocenters. The van der Waals surface area contributed by atoms with Crippen LogP contribution >= 0.6 is 0 Å². The predicted octanol–water partition coefficient (Wildman–Crippen LogP) is 3.55. The van der Waals surface area contributed by atoms with E-state index in [1.165, 1.54) is 30.6 Å². The lowest BCUT2D eigenvalue weighted by Gasteiger charge is -2.59. The lowest BCUT2D eigenvalue weighted by Crippen LogP contribution is -2.66. The van der Waals surface area contributed by atoms with Crippen LogP contribution in [0, 0.1) is 17.8 Å². The summed E-state index contributed by atoms with van der Waals surface area (Å²) in [5, 5.41) is 25.2. The van der Waals surface area contributed by atoms with Crippen LogP contribution in [0.15, 0.2) is 60.9 Å². The van der Waals surface area contributed by atoms with Crippen LogP contribution in [0.25, 0.3) is 11.3 Å². The number of ether oxygens (including phenoxy) is 4. The zero-order chi connectivity index (χ0) is 31.8. The van der Waals surface area contributed by atoms with Gasteiger partial charge in [-0.3, -0.25) is 4.79 Å². The Morgan fingerprint density at radius 1 is 0.911 bits per heavy atom. The molecule has 0 saturated heterocycles. The number of aromatic nitrogens is 2. The third-order valence-corrected chi connectivity index (χ3v) is 7.85. The standard InChI is InChI=1S/C31H35F3N4O7/c32-31(33,34)45-23-6-4-22(5-7-23)38-26-16-25(36-18-37-26)19-2-1-3-20(14-19)30(41)35-8-9-42-10-11-43-12-13-44-17-21-15-24-27(21)29(40)28(24)39/h1-7,14,16,18,21,24,27-29,39-40H,8-13,15,17H2,(H,35,41)(H,36,37,38)/t21?,24?,27-,28-,29+/m0/s1. The molecule has 14 heteroatoms. The maximum atomic E-state index is 12.7. The minimum Gasteiger partial charge on any atom is -0.406 e. The highest BCUT2D eigenvalue weighted by atomic mass is 19.4. The number of nitrogens with one attached hydrogen (secondary N) is 2. The van der Waals surface area contributed by atoms with Crippen molar-refractivity contribution in [2.24, 2.45) is 17.8 Å². The zero-order valence-corrected chi connectivity index (χ0v) is 24.3. The number of carbonyl (C=O) groups is 1. The van der Waals surface area contributed by atoms with Gasteiger partial charge < -0.3 is 39.8 Å². The minimum absolute atomic E-state index is 0.169. The molecule has 2 aromatic carbocycles. The molecule has 1 aromatic heterocycles. The number of hydrogen-bond acceptors (Lipinski definition) is 10. The van der Waals surface area contributed by atoms with E-state index >= 15 is 0 Å². The van der Waals surface area contributed by atoms with E-state index in [-0.39, 0.29) is 23.5 Å². The molecule has 0 bridgehead atoms. The summed E-state index contributed by atoms with van der Waals surface area (Å²) >= 11 is 0. The van der Waals surface area contributed by atoms with E-state index in [1.807, 2.05) is 0 Å². The number of aliphatic hydroxyl groups excluding tert-OH is 2. The Kier molecular flexibility index (Phi) is 10.8. The van der Waals surface area contributed by atoms with Crippen LogP contribution in [-0.4, -0.2) is 90.8 Å². The molecular weight excluding hydrogens is 597 g/mol. The van der Waals surface area contributed by atoms with E-state index in [4.69, 9.17) is 14.2 Å². The number of alkyl halides is 3. The SMILES string of the molecule is O=C(NCCOCCOCCOCC1CC2[C@H]1[C@@H](O)[C@H]2O)c1cccc(-c2cc(Nc3ccc(OC(F)(F)F)cc3)ncn2)c1. The molecule has 11 nitrogen and oxygen atoms in total. The third-order valence-electron chi connectivity index (χ3n) is 7.85. The van der Waals surface area contributed by atoms with Gasteiger partial charge in [-0.25, -0.2) is 9.97 Å². The average molecular weight is 633 g/mol. The van der Waals surface area contributed by atoms with Gasteiger partial charge in [0.25, 0.3) is 5.91 Å². The summed E-state index contributed by atoms with van der Waals surface area (Å²) in [6.45, 7) is 2.84. The zero-order valence-electron chi connectivity index (χ0n) is 24.3. The number of fused-ring (bicyclic) bond motifs is 1. The Hall–Kier alpha value is -3.82. The van der Waals surface area contributed by atoms with Crippen LogP contribution in [0.3, 0.4) is 0 Å². The summed E-state index contributed by atoms with van der Waals surface area (Å²) in [5.74, 6) is 0.517. The fourth-order valence-corrected chi connectivity index (χ4v) is 5.54. The topological polar surface area (TPSA) is 144 Å². The first-order valence-corrected chi connectivity index (χ1v) is 14.6. The second-order valence-electron chi connectivity index (χ2n) is 10.8. The third kappa shape index (κ3) is 8.89. The van der Waals surface area contributed by atoms with Gasteiger partial charge in [0.2, 0.25) is 0 Å². The Bertz CT molecular complexity index is 1410. The predicted molar refractivity (Wildman–Crippen MR) is 156 cm³/mol. The summed E-state index contributed by atoms with van der Waals surface area (Å²) in [7, 11) is 0. The van der Waals surface area contributed by atoms with Crippen molar-refractivity contribution < 1.29 is 47.1 Å². The molecule has 1 heterocycles. The van der Waals surface area contributed by atoms with Gasteiger partial charge in [0.15, 0.2) is 0 Å². The number of aliphatic hydroxyl groups is 2. The van der Waals surface area contributed by atoms with E-state index in [2.05, 4.69) is 25.3 Å². The quantitative estimate of drug-likeness (QED) is 0.173. The number of benzene rings is 2. The van der Waals surface area contributed by atoms with Crippen molar-refractivity contribution in [1.82, 2.24) is 15.3 Å². The van der Waals surface area contributed by atoms with Gasteiger partial charge in [0.1, 0.15) is 17.9 Å². The molecule has 2 aliphatic carbocycles. The maximum absolute atomic E-state index is 12.7. The molecule has 0 spiro atoms. The van der Waals surface area contributed by atoms with Gasteiger partial charge in [0.05, 0.1) is 50.9 Å². The molecule has 4 N–H and O–H groups in total. The summed E-state index contributed by atoms with van der Waals surface area (Å²) in [5.41, 5.74) is 2.16. The fourth-order valence-electron chi connectivity index (χ4n) is 5.54. The van der Waals surface area contributed by atoms with Gasteiger partial charge in [-0.1, -0.05) is 12.1 Å². The van der Waals surface area contributed by atoms with E-state index in [0.29, 0.717) is 80.4 Å². The summed E-state index contributed by atoms with van der Waals surface area (Å²) in [6, 6.07) is 13.8. The molecule has 45 heavy (non-hydrogen) atoms. The van der Waals surface area contributed by atoms with Crippen LogP contribution in [0.1, 0.15) is 16.8 Å². The first-order valence-electron chi connectivity index (χ1n) is 14.6. The molecule has 3 aromatic rings. The number of carbonyl (C=O) groups excluding carboxylic acids is 1. The van der Waals surface area contributed by atoms with Crippen LogP contribution in [-0.2, 0) is 14.2 Å². The van der Waals surface area contributed by atoms with Gasteiger partial charge in [-0.15, -0.1) is 13.2 Å². The number of amides is 1. The lowest BCUT2D eigenvalue weighted by atomic mass is 9.50. The van der Waals surface area contributed by atoms with Crippen LogP contribution in [0.2, 0.25) is 0 Å². The molecule has 242 valence electrons. The first-order chi connectivity index (χ1) is 21.7. The smallest absolute Gasteiger partial charge is 0.406 e. The monoisotopic (exact) mass is 632 g/mol. The molecule has 2 unspecified atom stereocenters. The molecular formula is C31H35F3N4O7. The lowest BCUT2D eigenvalue weighted by molar-refractivity contribution is -0.274. The van der Waals surface area contributed by atoms with Crippen LogP contribution < -0.4 is 15.4 Å². The fraction of sp³-hybridized carbons (Fsp3) is 0.452. The Morgan fingerprint density at radius 2 is 1.64 bits per heavy atom. The van der Waals surface area contributed by atoms with Crippen molar-refractivity contribution in [3.8, 4) is 17.0 Å². The Balaban J connectivity index is 0.963. The molecule has 2 saturated carbocycles. The minimum atomic E-state index is -4.77. The van der Waals surface area contributed by atoms with Crippen molar-refractivity contribution in [3.63, 3.8) is 0 Å². The second kappa shape index (κ2) is 15.0. The average Bonchev–Trinajstić information content (AvgIpc) is 3.01. The van der Waals surface area contributed by atoms with Gasteiger partial charge in [-0.05, 0) is 60.6 Å². The van der Waals surface area contributed by atoms with E-state index in [9.17, 15) is 28.2 Å². The summed E-state index contributed by atoms with van der Waals surface area (Å²) in [4.78, 5) is 21.1. The summed E-state index contributed by atoms with van der Waals surface area (Å²) in [6.07, 6.45) is -3.70. The van der Waals surface area contributed by atoms with E-state index in [0.717, 1.165) is 6.42 Å². The van der Waals surface area contributed by atoms with Crippen molar-refractivity contribution in [2.45, 2.75) is 25.0 Å². The second-order valence-corrected chi connectivity index (χ2v) is 10.8. The highest BCUT2D eigenvalue weighted by molar-refractivity contribution is 5.95. The highest BCUT2D eigenvalue weighted by Gasteiger charge is 2.59. The molecule has 2 aliphatic rings. The Morgan fingerprint density at radius 3 is 2.38 bits per heavy atom. The van der Waals surface area contributed by atoms with Crippen molar-refractivity contribution in [2.75, 3.05) is 51.5 Å². The molecule has 5 rings (SSSR count). The number of hydrogen-bond donors (Lipinski definition) is 4. The number of rotatable bonds is 16. The largest absolute Gasteiger partial charge is 0.573 e. The number of nitrogens with zero attached hydrogens (tertiary/aromatic N) is 2. The van der Waals surface area contributed by atoms with Crippen molar-refractivity contribution >= 4 is 17.4 Å². The van der Waals surface area contributed by atoms with E-state index in [1.54, 1.807) is 30.3 Å². The van der Waals surface area contributed by atoms with Gasteiger partial charge >= 0.3 is 6.36 Å². The molecule has 1 amide bonds. The maximum Gasteiger partial charge on any atom is 0.573 e. The van der Waals surface area contributed by atoms with Crippen molar-refractivity contribution in [3.05, 3.63) is 66.5 Å². The first kappa shape index (κ1) is 32.6. The summed E-state index contributed by atoms with van der Waals surface area (Å²) < 4.78 is 57.7. The normalized spacial score (nSPS) is 22.1. The highest BCUT2D eigenvalue weighted by Crippen LogP contribution is 2.54. The molecule has 0 aliphatic heterocycles. The molecule has 2 fully saturated rings. The van der Waals surface area contributed by atoms with Gasteiger partial charge in [-0.2, -0.15) is 0 Å². The van der Waals surface area contributed by atoms with Crippen molar-refractivity contribution in [1.29, 1.82) is 0 Å². The number of halogens is 3. The Labute approximate surface area is 257 Å². The number of anilines is 2. The van der Waals surface area contributed by atoms with E-state index < -0.39 is 18.6 Å². The van der Waals surface area contributed by atoms with Gasteiger partial charge in [0, 0.05) is 36.0 Å².